The van der Waals surface area contributed by atoms with E-state index in [4.69, 9.17) is 0 Å². The summed E-state index contributed by atoms with van der Waals surface area (Å²) in [6.45, 7) is 3.97. The first-order chi connectivity index (χ1) is 9.63. The molecule has 20 heavy (non-hydrogen) atoms. The molecule has 3 aromatic rings. The van der Waals surface area contributed by atoms with Crippen molar-refractivity contribution >= 4 is 17.1 Å². The summed E-state index contributed by atoms with van der Waals surface area (Å²) in [6.07, 6.45) is 1.82. The normalized spacial score (nSPS) is 10.7. The SMILES string of the molecule is Cc1ccc(C)c(NC(=O)c2cc3ccccn3n2)c1. The van der Waals surface area contributed by atoms with Gasteiger partial charge in [-0.1, -0.05) is 18.2 Å². The first-order valence-corrected chi connectivity index (χ1v) is 6.46. The van der Waals surface area contributed by atoms with E-state index in [2.05, 4.69) is 10.4 Å². The van der Waals surface area contributed by atoms with Gasteiger partial charge in [0, 0.05) is 11.9 Å². The average molecular weight is 265 g/mol. The monoisotopic (exact) mass is 265 g/mol. The summed E-state index contributed by atoms with van der Waals surface area (Å²) in [5, 5.41) is 7.18. The lowest BCUT2D eigenvalue weighted by molar-refractivity contribution is 0.102. The number of benzene rings is 1. The first-order valence-electron chi connectivity index (χ1n) is 6.46. The maximum atomic E-state index is 12.3. The van der Waals surface area contributed by atoms with Crippen molar-refractivity contribution in [3.63, 3.8) is 0 Å². The van der Waals surface area contributed by atoms with E-state index in [0.29, 0.717) is 5.69 Å². The molecule has 4 nitrogen and oxygen atoms in total. The molecule has 0 bridgehead atoms. The number of carbonyl (C=O) groups excluding carboxylic acids is 1. The Kier molecular flexibility index (Phi) is 2.99. The van der Waals surface area contributed by atoms with E-state index in [-0.39, 0.29) is 5.91 Å². The van der Waals surface area contributed by atoms with Gasteiger partial charge in [-0.15, -0.1) is 0 Å². The van der Waals surface area contributed by atoms with Gasteiger partial charge in [0.1, 0.15) is 0 Å². The number of nitrogens with one attached hydrogen (secondary N) is 1. The second-order valence-corrected chi connectivity index (χ2v) is 4.87. The second kappa shape index (κ2) is 4.81. The molecule has 2 heterocycles. The van der Waals surface area contributed by atoms with E-state index in [0.717, 1.165) is 22.3 Å². The number of carbonyl (C=O) groups is 1. The Morgan fingerprint density at radius 1 is 1.15 bits per heavy atom. The van der Waals surface area contributed by atoms with Crippen LogP contribution in [0.25, 0.3) is 5.52 Å². The van der Waals surface area contributed by atoms with Gasteiger partial charge >= 0.3 is 0 Å². The van der Waals surface area contributed by atoms with Crippen molar-refractivity contribution in [2.75, 3.05) is 5.32 Å². The fraction of sp³-hybridized carbons (Fsp3) is 0.125. The Morgan fingerprint density at radius 3 is 2.80 bits per heavy atom. The van der Waals surface area contributed by atoms with Gasteiger partial charge in [-0.25, -0.2) is 4.52 Å². The van der Waals surface area contributed by atoms with Crippen molar-refractivity contribution in [3.8, 4) is 0 Å². The fourth-order valence-electron chi connectivity index (χ4n) is 2.11. The highest BCUT2D eigenvalue weighted by Gasteiger charge is 2.12. The number of fused-ring (bicyclic) bond motifs is 1. The minimum Gasteiger partial charge on any atom is -0.320 e. The zero-order valence-electron chi connectivity index (χ0n) is 11.4. The molecule has 0 unspecified atom stereocenters. The van der Waals surface area contributed by atoms with E-state index in [1.165, 1.54) is 0 Å². The van der Waals surface area contributed by atoms with E-state index in [1.807, 2.05) is 56.4 Å². The topological polar surface area (TPSA) is 46.4 Å². The number of hydrogen-bond acceptors (Lipinski definition) is 2. The quantitative estimate of drug-likeness (QED) is 0.773. The molecular formula is C16H15N3O. The summed E-state index contributed by atoms with van der Waals surface area (Å²) in [5.41, 5.74) is 4.29. The highest BCUT2D eigenvalue weighted by Crippen LogP contribution is 2.17. The minimum absolute atomic E-state index is 0.192. The van der Waals surface area contributed by atoms with Crippen LogP contribution in [0.15, 0.2) is 48.7 Å². The molecule has 4 heteroatoms. The van der Waals surface area contributed by atoms with Crippen molar-refractivity contribution < 1.29 is 4.79 Å². The Morgan fingerprint density at radius 2 is 2.00 bits per heavy atom. The molecule has 0 aliphatic carbocycles. The van der Waals surface area contributed by atoms with E-state index >= 15 is 0 Å². The third kappa shape index (κ3) is 2.28. The molecule has 0 fully saturated rings. The summed E-state index contributed by atoms with van der Waals surface area (Å²) in [6, 6.07) is 13.5. The largest absolute Gasteiger partial charge is 0.320 e. The zero-order chi connectivity index (χ0) is 14.1. The van der Waals surface area contributed by atoms with Crippen LogP contribution in [0.4, 0.5) is 5.69 Å². The fourth-order valence-corrected chi connectivity index (χ4v) is 2.11. The predicted molar refractivity (Wildman–Crippen MR) is 79.1 cm³/mol. The van der Waals surface area contributed by atoms with Crippen LogP contribution >= 0.6 is 0 Å². The van der Waals surface area contributed by atoms with Gasteiger partial charge in [0.25, 0.3) is 5.91 Å². The standard InChI is InChI=1S/C16H15N3O/c1-11-6-7-12(2)14(9-11)17-16(20)15-10-13-5-3-4-8-19(13)18-15/h3-10H,1-2H3,(H,17,20). The van der Waals surface area contributed by atoms with Crippen LogP contribution in [0.3, 0.4) is 0 Å². The molecule has 0 radical (unpaired) electrons. The van der Waals surface area contributed by atoms with E-state index < -0.39 is 0 Å². The van der Waals surface area contributed by atoms with Gasteiger partial charge in [-0.2, -0.15) is 5.10 Å². The first kappa shape index (κ1) is 12.4. The lowest BCUT2D eigenvalue weighted by Crippen LogP contribution is -2.13. The molecular weight excluding hydrogens is 250 g/mol. The van der Waals surface area contributed by atoms with Crippen LogP contribution in [-0.2, 0) is 0 Å². The maximum absolute atomic E-state index is 12.3. The van der Waals surface area contributed by atoms with Gasteiger partial charge in [-0.05, 0) is 49.2 Å². The van der Waals surface area contributed by atoms with Gasteiger partial charge in [0.2, 0.25) is 0 Å². The molecule has 3 rings (SSSR count). The Labute approximate surface area is 117 Å². The molecule has 0 spiro atoms. The number of aryl methyl sites for hydroxylation is 2. The van der Waals surface area contributed by atoms with Crippen molar-refractivity contribution in [1.82, 2.24) is 9.61 Å². The second-order valence-electron chi connectivity index (χ2n) is 4.87. The van der Waals surface area contributed by atoms with Gasteiger partial charge in [0.05, 0.1) is 5.52 Å². The zero-order valence-corrected chi connectivity index (χ0v) is 11.4. The number of aromatic nitrogens is 2. The van der Waals surface area contributed by atoms with Crippen LogP contribution in [0.2, 0.25) is 0 Å². The number of nitrogens with zero attached hydrogens (tertiary/aromatic N) is 2. The van der Waals surface area contributed by atoms with Crippen LogP contribution < -0.4 is 5.32 Å². The average Bonchev–Trinajstić information content (AvgIpc) is 2.87. The Balaban J connectivity index is 1.90. The molecule has 100 valence electrons. The molecule has 0 aliphatic heterocycles. The summed E-state index contributed by atoms with van der Waals surface area (Å²) < 4.78 is 1.69. The Hall–Kier alpha value is -2.62. The molecule has 0 atom stereocenters. The lowest BCUT2D eigenvalue weighted by atomic mass is 10.1. The van der Waals surface area contributed by atoms with Crippen LogP contribution in [0, 0.1) is 13.8 Å². The predicted octanol–water partition coefficient (Wildman–Crippen LogP) is 3.20. The summed E-state index contributed by atoms with van der Waals surface area (Å²) in [7, 11) is 0. The molecule has 1 amide bonds. The van der Waals surface area contributed by atoms with Crippen molar-refractivity contribution in [1.29, 1.82) is 0 Å². The lowest BCUT2D eigenvalue weighted by Gasteiger charge is -2.07. The van der Waals surface area contributed by atoms with Crippen LogP contribution in [-0.4, -0.2) is 15.5 Å². The van der Waals surface area contributed by atoms with Gasteiger partial charge in [0.15, 0.2) is 5.69 Å². The smallest absolute Gasteiger partial charge is 0.276 e. The highest BCUT2D eigenvalue weighted by atomic mass is 16.1. The Bertz CT molecular complexity index is 756. The van der Waals surface area contributed by atoms with Gasteiger partial charge in [-0.3, -0.25) is 4.79 Å². The molecule has 1 N–H and O–H groups in total. The molecule has 0 saturated carbocycles. The third-order valence-electron chi connectivity index (χ3n) is 3.24. The maximum Gasteiger partial charge on any atom is 0.276 e. The number of anilines is 1. The highest BCUT2D eigenvalue weighted by molar-refractivity contribution is 6.04. The van der Waals surface area contributed by atoms with E-state index in [1.54, 1.807) is 10.6 Å². The molecule has 0 aliphatic rings. The van der Waals surface area contributed by atoms with Crippen LogP contribution in [0.1, 0.15) is 21.6 Å². The van der Waals surface area contributed by atoms with Gasteiger partial charge < -0.3 is 5.32 Å². The van der Waals surface area contributed by atoms with Crippen molar-refractivity contribution in [3.05, 3.63) is 65.5 Å². The summed E-state index contributed by atoms with van der Waals surface area (Å²) in [5.74, 6) is -0.192. The molecule has 1 aromatic carbocycles. The number of pyridine rings is 1. The number of hydrogen-bond donors (Lipinski definition) is 1. The number of rotatable bonds is 2. The molecule has 0 saturated heterocycles. The molecule has 2 aromatic heterocycles. The van der Waals surface area contributed by atoms with Crippen LogP contribution in [0.5, 0.6) is 0 Å². The third-order valence-corrected chi connectivity index (χ3v) is 3.24. The minimum atomic E-state index is -0.192. The summed E-state index contributed by atoms with van der Waals surface area (Å²) >= 11 is 0. The van der Waals surface area contributed by atoms with Crippen molar-refractivity contribution in [2.24, 2.45) is 0 Å². The number of amides is 1. The van der Waals surface area contributed by atoms with E-state index in [9.17, 15) is 4.79 Å². The summed E-state index contributed by atoms with van der Waals surface area (Å²) in [4.78, 5) is 12.3. The van der Waals surface area contributed by atoms with Crippen molar-refractivity contribution in [2.45, 2.75) is 13.8 Å².